The maximum absolute atomic E-state index is 12.6. The number of aryl methyl sites for hydroxylation is 2. The number of fused-ring (bicyclic) bond motifs is 1. The van der Waals surface area contributed by atoms with E-state index in [0.717, 1.165) is 32.7 Å². The lowest BCUT2D eigenvalue weighted by Gasteiger charge is -2.06. The van der Waals surface area contributed by atoms with Gasteiger partial charge in [0, 0.05) is 0 Å². The fourth-order valence-corrected chi connectivity index (χ4v) is 5.88. The van der Waals surface area contributed by atoms with Crippen LogP contribution >= 0.6 is 22.7 Å². The fraction of sp³-hybridized carbons (Fsp3) is 0.294. The predicted molar refractivity (Wildman–Crippen MR) is 103 cm³/mol. The molecule has 0 fully saturated rings. The SMILES string of the molecule is CCOC(=O)Cn1/c(=N/S(=O)(=O)c2cccs2)sc2c(C)cc(C)cc21. The number of thiophene rings is 1. The molecule has 26 heavy (non-hydrogen) atoms. The van der Waals surface area contributed by atoms with Crippen LogP contribution in [0.3, 0.4) is 0 Å². The highest BCUT2D eigenvalue weighted by Crippen LogP contribution is 2.24. The van der Waals surface area contributed by atoms with Crippen molar-refractivity contribution in [3.63, 3.8) is 0 Å². The lowest BCUT2D eigenvalue weighted by atomic mass is 10.1. The topological polar surface area (TPSA) is 77.7 Å². The molecule has 0 N–H and O–H groups in total. The molecule has 0 saturated carbocycles. The molecule has 6 nitrogen and oxygen atoms in total. The van der Waals surface area contributed by atoms with Gasteiger partial charge in [0.1, 0.15) is 10.8 Å². The second kappa shape index (κ2) is 7.34. The van der Waals surface area contributed by atoms with E-state index >= 15 is 0 Å². The van der Waals surface area contributed by atoms with E-state index in [0.29, 0.717) is 0 Å². The maximum Gasteiger partial charge on any atom is 0.326 e. The summed E-state index contributed by atoms with van der Waals surface area (Å²) in [6.45, 7) is 5.82. The van der Waals surface area contributed by atoms with Gasteiger partial charge < -0.3 is 9.30 Å². The van der Waals surface area contributed by atoms with E-state index in [1.807, 2.05) is 26.0 Å². The van der Waals surface area contributed by atoms with Gasteiger partial charge >= 0.3 is 5.97 Å². The summed E-state index contributed by atoms with van der Waals surface area (Å²) in [5.41, 5.74) is 2.82. The molecule has 0 amide bonds. The minimum Gasteiger partial charge on any atom is -0.465 e. The predicted octanol–water partition coefficient (Wildman–Crippen LogP) is 3.23. The molecule has 0 saturated heterocycles. The molecule has 2 aromatic heterocycles. The minimum atomic E-state index is -3.83. The average Bonchev–Trinajstić information content (AvgIpc) is 3.18. The number of esters is 1. The zero-order chi connectivity index (χ0) is 18.9. The maximum atomic E-state index is 12.6. The zero-order valence-corrected chi connectivity index (χ0v) is 17.0. The van der Waals surface area contributed by atoms with Crippen molar-refractivity contribution in [1.29, 1.82) is 0 Å². The van der Waals surface area contributed by atoms with Gasteiger partial charge in [-0.15, -0.1) is 15.7 Å². The number of carbonyl (C=O) groups excluding carboxylic acids is 1. The number of hydrogen-bond acceptors (Lipinski definition) is 6. The van der Waals surface area contributed by atoms with Crippen molar-refractivity contribution in [2.24, 2.45) is 4.40 Å². The van der Waals surface area contributed by atoms with Crippen LogP contribution in [0, 0.1) is 13.8 Å². The molecule has 1 aromatic carbocycles. The van der Waals surface area contributed by atoms with Crippen LogP contribution in [0.25, 0.3) is 10.2 Å². The van der Waals surface area contributed by atoms with Crippen molar-refractivity contribution >= 4 is 48.9 Å². The number of nitrogens with zero attached hydrogens (tertiary/aromatic N) is 2. The van der Waals surface area contributed by atoms with E-state index in [1.165, 1.54) is 17.4 Å². The minimum absolute atomic E-state index is 0.0878. The highest BCUT2D eigenvalue weighted by molar-refractivity contribution is 7.92. The number of rotatable bonds is 5. The smallest absolute Gasteiger partial charge is 0.326 e. The molecule has 0 radical (unpaired) electrons. The molecule has 0 unspecified atom stereocenters. The third-order valence-electron chi connectivity index (χ3n) is 3.65. The Bertz CT molecular complexity index is 1120. The van der Waals surface area contributed by atoms with Gasteiger partial charge in [-0.05, 0) is 49.4 Å². The normalized spacial score (nSPS) is 12.7. The van der Waals surface area contributed by atoms with Crippen LogP contribution in [0.2, 0.25) is 0 Å². The van der Waals surface area contributed by atoms with Crippen molar-refractivity contribution < 1.29 is 17.9 Å². The highest BCUT2D eigenvalue weighted by atomic mass is 32.2. The van der Waals surface area contributed by atoms with E-state index in [1.54, 1.807) is 22.9 Å². The van der Waals surface area contributed by atoms with Gasteiger partial charge in [0.05, 0.1) is 16.8 Å². The van der Waals surface area contributed by atoms with Crippen LogP contribution in [0.1, 0.15) is 18.1 Å². The van der Waals surface area contributed by atoms with Crippen LogP contribution in [0.4, 0.5) is 0 Å². The molecule has 9 heteroatoms. The van der Waals surface area contributed by atoms with Crippen molar-refractivity contribution in [1.82, 2.24) is 4.57 Å². The van der Waals surface area contributed by atoms with Crippen molar-refractivity contribution in [2.45, 2.75) is 31.5 Å². The molecule has 0 atom stereocenters. The molecule has 2 heterocycles. The second-order valence-corrected chi connectivity index (χ2v) is 9.46. The van der Waals surface area contributed by atoms with E-state index in [-0.39, 0.29) is 22.2 Å². The highest BCUT2D eigenvalue weighted by Gasteiger charge is 2.18. The third kappa shape index (κ3) is 3.74. The molecule has 3 rings (SSSR count). The van der Waals surface area contributed by atoms with Gasteiger partial charge in [-0.25, -0.2) is 0 Å². The van der Waals surface area contributed by atoms with E-state index in [4.69, 9.17) is 4.74 Å². The van der Waals surface area contributed by atoms with Crippen molar-refractivity contribution in [3.8, 4) is 0 Å². The summed E-state index contributed by atoms with van der Waals surface area (Å²) in [6, 6.07) is 7.13. The molecule has 3 aromatic rings. The van der Waals surface area contributed by atoms with E-state index in [9.17, 15) is 13.2 Å². The van der Waals surface area contributed by atoms with Crippen LogP contribution in [0.5, 0.6) is 0 Å². The Kier molecular flexibility index (Phi) is 5.31. The summed E-state index contributed by atoms with van der Waals surface area (Å²) >= 11 is 2.37. The van der Waals surface area contributed by atoms with Gasteiger partial charge in [-0.3, -0.25) is 4.79 Å². The van der Waals surface area contributed by atoms with Gasteiger partial charge in [0.15, 0.2) is 0 Å². The second-order valence-electron chi connectivity index (χ2n) is 5.70. The van der Waals surface area contributed by atoms with Crippen molar-refractivity contribution in [3.05, 3.63) is 45.6 Å². The number of thiazole rings is 1. The lowest BCUT2D eigenvalue weighted by molar-refractivity contribution is -0.143. The zero-order valence-electron chi connectivity index (χ0n) is 14.6. The van der Waals surface area contributed by atoms with Crippen molar-refractivity contribution in [2.75, 3.05) is 6.61 Å². The molecule has 0 aliphatic heterocycles. The summed E-state index contributed by atoms with van der Waals surface area (Å²) in [7, 11) is -3.83. The summed E-state index contributed by atoms with van der Waals surface area (Å²) in [6.07, 6.45) is 0. The lowest BCUT2D eigenvalue weighted by Crippen LogP contribution is -2.23. The number of ether oxygens (including phenoxy) is 1. The number of carbonyl (C=O) groups is 1. The number of hydrogen-bond donors (Lipinski definition) is 0. The summed E-state index contributed by atoms with van der Waals surface area (Å²) in [5, 5.41) is 1.69. The standard InChI is InChI=1S/C17H18N2O4S3/c1-4-23-14(20)10-19-13-9-11(2)8-12(3)16(13)25-17(19)18-26(21,22)15-6-5-7-24-15/h5-9H,4,10H2,1-3H3/b18-17-. The number of sulfonamides is 1. The van der Waals surface area contributed by atoms with E-state index in [2.05, 4.69) is 4.40 Å². The third-order valence-corrected chi connectivity index (χ3v) is 7.64. The van der Waals surface area contributed by atoms with E-state index < -0.39 is 16.0 Å². The Labute approximate surface area is 159 Å². The summed E-state index contributed by atoms with van der Waals surface area (Å²) < 4.78 is 36.9. The average molecular weight is 411 g/mol. The summed E-state index contributed by atoms with van der Waals surface area (Å²) in [5.74, 6) is -0.429. The Morgan fingerprint density at radius 2 is 2.08 bits per heavy atom. The first-order valence-corrected chi connectivity index (χ1v) is 11.1. The van der Waals surface area contributed by atoms with Crippen LogP contribution in [-0.4, -0.2) is 25.6 Å². The Morgan fingerprint density at radius 1 is 1.31 bits per heavy atom. The number of aromatic nitrogens is 1. The molecule has 138 valence electrons. The quantitative estimate of drug-likeness (QED) is 0.605. The fourth-order valence-electron chi connectivity index (χ4n) is 2.63. The summed E-state index contributed by atoms with van der Waals surface area (Å²) in [4.78, 5) is 12.3. The van der Waals surface area contributed by atoms with Crippen LogP contribution in [-0.2, 0) is 26.1 Å². The Balaban J connectivity index is 2.25. The molecule has 0 bridgehead atoms. The van der Waals surface area contributed by atoms with Gasteiger partial charge in [-0.2, -0.15) is 8.42 Å². The molecule has 0 aliphatic carbocycles. The first-order valence-electron chi connectivity index (χ1n) is 7.92. The van der Waals surface area contributed by atoms with Gasteiger partial charge in [-0.1, -0.05) is 23.5 Å². The van der Waals surface area contributed by atoms with Gasteiger partial charge in [0.2, 0.25) is 4.80 Å². The monoisotopic (exact) mass is 410 g/mol. The first-order chi connectivity index (χ1) is 12.3. The Hall–Kier alpha value is -1.97. The molecule has 0 aliphatic rings. The molecule has 0 spiro atoms. The molecular weight excluding hydrogens is 392 g/mol. The van der Waals surface area contributed by atoms with Crippen LogP contribution < -0.4 is 4.80 Å². The van der Waals surface area contributed by atoms with Crippen LogP contribution in [0.15, 0.2) is 38.3 Å². The largest absolute Gasteiger partial charge is 0.465 e. The van der Waals surface area contributed by atoms with Gasteiger partial charge in [0.25, 0.3) is 10.0 Å². The number of benzene rings is 1. The first kappa shape index (κ1) is 18.8. The molecular formula is C17H18N2O4S3. The Morgan fingerprint density at radius 3 is 2.73 bits per heavy atom.